The van der Waals surface area contributed by atoms with Crippen molar-refractivity contribution in [3.05, 3.63) is 69.0 Å². The van der Waals surface area contributed by atoms with Gasteiger partial charge in [0, 0.05) is 17.6 Å². The van der Waals surface area contributed by atoms with Gasteiger partial charge in [0.05, 0.1) is 10.5 Å². The molecule has 0 aromatic heterocycles. The van der Waals surface area contributed by atoms with Crippen molar-refractivity contribution in [2.45, 2.75) is 19.3 Å². The van der Waals surface area contributed by atoms with Crippen molar-refractivity contribution in [1.29, 1.82) is 0 Å². The van der Waals surface area contributed by atoms with E-state index in [1.807, 2.05) is 6.07 Å². The smallest absolute Gasteiger partial charge is 0.343 e. The van der Waals surface area contributed by atoms with E-state index in [1.54, 1.807) is 53.4 Å². The van der Waals surface area contributed by atoms with Crippen molar-refractivity contribution in [2.24, 2.45) is 0 Å². The van der Waals surface area contributed by atoms with Crippen molar-refractivity contribution in [3.8, 4) is 5.75 Å². The molecule has 0 N–H and O–H groups in total. The second-order valence-electron chi connectivity index (χ2n) is 7.68. The first-order valence-electron chi connectivity index (χ1n) is 10.5. The van der Waals surface area contributed by atoms with Gasteiger partial charge in [-0.25, -0.2) is 4.79 Å². The number of hydrogen-bond donors (Lipinski definition) is 0. The quantitative estimate of drug-likeness (QED) is 0.317. The van der Waals surface area contributed by atoms with Crippen molar-refractivity contribution in [3.63, 3.8) is 0 Å². The Balaban J connectivity index is 1.39. The lowest BCUT2D eigenvalue weighted by molar-refractivity contribution is -0.136. The average molecular weight is 529 g/mol. The summed E-state index contributed by atoms with van der Waals surface area (Å²) in [5.74, 6) is -0.795. The fourth-order valence-electron chi connectivity index (χ4n) is 3.58. The van der Waals surface area contributed by atoms with Gasteiger partial charge in [-0.05, 0) is 73.0 Å². The van der Waals surface area contributed by atoms with Crippen LogP contribution >= 0.6 is 27.7 Å². The van der Waals surface area contributed by atoms with E-state index in [4.69, 9.17) is 4.74 Å². The summed E-state index contributed by atoms with van der Waals surface area (Å²) in [4.78, 5) is 52.7. The summed E-state index contributed by atoms with van der Waals surface area (Å²) in [5, 5.41) is -0.448. The summed E-state index contributed by atoms with van der Waals surface area (Å²) < 4.78 is 6.16. The molecule has 0 saturated carbocycles. The molecular formula is C24H21BrN2O5S. The third kappa shape index (κ3) is 5.72. The number of ether oxygens (including phenoxy) is 1. The van der Waals surface area contributed by atoms with Crippen LogP contribution in [0.25, 0.3) is 6.08 Å². The van der Waals surface area contributed by atoms with Crippen molar-refractivity contribution in [1.82, 2.24) is 9.80 Å². The van der Waals surface area contributed by atoms with E-state index in [9.17, 15) is 19.2 Å². The Hall–Kier alpha value is -2.91. The zero-order valence-corrected chi connectivity index (χ0v) is 20.1. The Morgan fingerprint density at radius 2 is 1.76 bits per heavy atom. The Bertz CT molecular complexity index is 1130. The molecule has 0 spiro atoms. The summed E-state index contributed by atoms with van der Waals surface area (Å²) in [7, 11) is 0. The molecule has 0 radical (unpaired) electrons. The zero-order chi connectivity index (χ0) is 23.4. The van der Waals surface area contributed by atoms with Gasteiger partial charge >= 0.3 is 5.97 Å². The number of rotatable bonds is 5. The van der Waals surface area contributed by atoms with E-state index in [0.29, 0.717) is 30.0 Å². The molecule has 2 aromatic carbocycles. The van der Waals surface area contributed by atoms with Crippen LogP contribution in [0.2, 0.25) is 0 Å². The van der Waals surface area contributed by atoms with Crippen LogP contribution in [-0.2, 0) is 9.59 Å². The van der Waals surface area contributed by atoms with E-state index >= 15 is 0 Å². The maximum Gasteiger partial charge on any atom is 0.343 e. The average Bonchev–Trinajstić information content (AvgIpc) is 3.08. The van der Waals surface area contributed by atoms with Crippen LogP contribution in [0, 0.1) is 0 Å². The number of benzene rings is 2. The minimum atomic E-state index is -0.483. The highest BCUT2D eigenvalue weighted by molar-refractivity contribution is 9.10. The summed E-state index contributed by atoms with van der Waals surface area (Å²) in [5.41, 5.74) is 1.09. The summed E-state index contributed by atoms with van der Waals surface area (Å²) in [6.45, 7) is 1.11. The van der Waals surface area contributed by atoms with Crippen LogP contribution in [0.1, 0.15) is 35.2 Å². The third-order valence-corrected chi connectivity index (χ3v) is 6.73. The van der Waals surface area contributed by atoms with Gasteiger partial charge in [-0.3, -0.25) is 19.3 Å². The van der Waals surface area contributed by atoms with Gasteiger partial charge in [0.15, 0.2) is 0 Å². The Labute approximate surface area is 203 Å². The predicted molar refractivity (Wildman–Crippen MR) is 129 cm³/mol. The number of carbonyl (C=O) groups excluding carboxylic acids is 4. The first-order chi connectivity index (χ1) is 15.9. The maximum atomic E-state index is 12.7. The van der Waals surface area contributed by atoms with E-state index in [-0.39, 0.29) is 17.4 Å². The number of nitrogens with zero attached hydrogens (tertiary/aromatic N) is 2. The van der Waals surface area contributed by atoms with Crippen LogP contribution in [0.3, 0.4) is 0 Å². The maximum absolute atomic E-state index is 12.7. The highest BCUT2D eigenvalue weighted by atomic mass is 79.9. The number of piperidine rings is 1. The van der Waals surface area contributed by atoms with E-state index in [2.05, 4.69) is 15.9 Å². The fraction of sp³-hybridized carbons (Fsp3) is 0.250. The molecule has 2 aliphatic heterocycles. The number of imide groups is 1. The largest absolute Gasteiger partial charge is 0.423 e. The first kappa shape index (κ1) is 23.3. The Morgan fingerprint density at radius 1 is 1.03 bits per heavy atom. The number of likely N-dealkylation sites (tertiary alicyclic amines) is 1. The van der Waals surface area contributed by atoms with E-state index in [1.165, 1.54) is 0 Å². The molecule has 2 aromatic rings. The molecule has 170 valence electrons. The van der Waals surface area contributed by atoms with Gasteiger partial charge in [-0.1, -0.05) is 34.1 Å². The summed E-state index contributed by atoms with van der Waals surface area (Å²) >= 11 is 4.14. The molecule has 0 aliphatic carbocycles. The van der Waals surface area contributed by atoms with Gasteiger partial charge in [0.2, 0.25) is 5.91 Å². The lowest BCUT2D eigenvalue weighted by atomic mass is 10.1. The second-order valence-corrected chi connectivity index (χ2v) is 9.59. The molecule has 0 bridgehead atoms. The number of thioether (sulfide) groups is 1. The number of carbonyl (C=O) groups is 4. The number of halogens is 1. The van der Waals surface area contributed by atoms with Crippen molar-refractivity contribution < 1.29 is 23.9 Å². The van der Waals surface area contributed by atoms with Gasteiger partial charge in [0.1, 0.15) is 12.3 Å². The minimum Gasteiger partial charge on any atom is -0.423 e. The summed E-state index contributed by atoms with van der Waals surface area (Å²) in [6.07, 6.45) is 4.58. The molecule has 2 saturated heterocycles. The Kier molecular flexibility index (Phi) is 7.29. The van der Waals surface area contributed by atoms with Crippen LogP contribution in [0.15, 0.2) is 57.9 Å². The standard InChI is InChI=1S/C24H21BrN2O5S/c25-18-6-4-5-17(14-18)23(30)32-19-9-7-16(8-10-19)13-20-22(29)27(24(31)33-20)15-21(28)26-11-2-1-3-12-26/h4-10,13-14H,1-3,11-12,15H2/b20-13-. The van der Waals surface area contributed by atoms with Gasteiger partial charge in [-0.2, -0.15) is 0 Å². The number of esters is 1. The zero-order valence-electron chi connectivity index (χ0n) is 17.7. The van der Waals surface area contributed by atoms with Gasteiger partial charge in [-0.15, -0.1) is 0 Å². The molecular weight excluding hydrogens is 508 g/mol. The normalized spacial score (nSPS) is 17.5. The van der Waals surface area contributed by atoms with Crippen molar-refractivity contribution in [2.75, 3.05) is 19.6 Å². The highest BCUT2D eigenvalue weighted by Crippen LogP contribution is 2.32. The number of hydrogen-bond acceptors (Lipinski definition) is 6. The monoisotopic (exact) mass is 528 g/mol. The SMILES string of the molecule is O=C(Oc1ccc(/C=C2\SC(=O)N(CC(=O)N3CCCCC3)C2=O)cc1)c1cccc(Br)c1. The number of amides is 3. The van der Waals surface area contributed by atoms with Gasteiger partial charge < -0.3 is 9.64 Å². The Morgan fingerprint density at radius 3 is 2.45 bits per heavy atom. The fourth-order valence-corrected chi connectivity index (χ4v) is 4.82. The molecule has 33 heavy (non-hydrogen) atoms. The van der Waals surface area contributed by atoms with Crippen LogP contribution in [0.4, 0.5) is 4.79 Å². The molecule has 7 nitrogen and oxygen atoms in total. The lowest BCUT2D eigenvalue weighted by Gasteiger charge is -2.27. The highest BCUT2D eigenvalue weighted by Gasteiger charge is 2.37. The molecule has 2 fully saturated rings. The minimum absolute atomic E-state index is 0.199. The molecule has 2 aliphatic rings. The first-order valence-corrected chi connectivity index (χ1v) is 12.1. The van der Waals surface area contributed by atoms with Crippen LogP contribution < -0.4 is 4.74 Å². The van der Waals surface area contributed by atoms with Crippen molar-refractivity contribution >= 4 is 56.8 Å². The lowest BCUT2D eigenvalue weighted by Crippen LogP contribution is -2.44. The third-order valence-electron chi connectivity index (χ3n) is 5.32. The molecule has 0 unspecified atom stereocenters. The second kappa shape index (κ2) is 10.4. The summed E-state index contributed by atoms with van der Waals surface area (Å²) in [6, 6.07) is 13.5. The molecule has 0 atom stereocenters. The molecule has 2 heterocycles. The van der Waals surface area contributed by atoms with Crippen LogP contribution in [-0.4, -0.2) is 52.5 Å². The van der Waals surface area contributed by atoms with Gasteiger partial charge in [0.25, 0.3) is 11.1 Å². The van der Waals surface area contributed by atoms with E-state index in [0.717, 1.165) is 40.4 Å². The van der Waals surface area contributed by atoms with Crippen LogP contribution in [0.5, 0.6) is 5.75 Å². The molecule has 4 rings (SSSR count). The molecule has 3 amide bonds. The topological polar surface area (TPSA) is 84.0 Å². The molecule has 9 heteroatoms. The van der Waals surface area contributed by atoms with E-state index < -0.39 is 17.1 Å². The predicted octanol–water partition coefficient (Wildman–Crippen LogP) is 4.72.